The Kier molecular flexibility index (Phi) is 6.67. The van der Waals surface area contributed by atoms with Gasteiger partial charge in [-0.25, -0.2) is 5.01 Å². The van der Waals surface area contributed by atoms with Gasteiger partial charge < -0.3 is 10.4 Å². The molecule has 3 heterocycles. The number of carbonyl (C=O) groups excluding carboxylic acids is 1. The number of rotatable bonds is 5. The number of likely N-dealkylation sites (tertiary alicyclic amines) is 1. The van der Waals surface area contributed by atoms with Crippen LogP contribution in [0.3, 0.4) is 0 Å². The molecule has 3 saturated heterocycles. The number of aliphatic carboxylic acids is 1. The van der Waals surface area contributed by atoms with E-state index >= 15 is 0 Å². The first-order chi connectivity index (χ1) is 12.1. The molecule has 25 heavy (non-hydrogen) atoms. The lowest BCUT2D eigenvalue weighted by Crippen LogP contribution is -2.51. The molecule has 3 N–H and O–H groups in total. The fourth-order valence-electron chi connectivity index (χ4n) is 4.59. The molecule has 0 aromatic rings. The molecule has 142 valence electrons. The fraction of sp³-hybridized carbons (Fsp3) is 0.889. The average molecular weight is 352 g/mol. The molecule has 3 fully saturated rings. The molecule has 1 amide bonds. The number of hydrogen-bond acceptors (Lipinski definition) is 5. The van der Waals surface area contributed by atoms with E-state index in [2.05, 4.69) is 15.8 Å². The fourth-order valence-corrected chi connectivity index (χ4v) is 4.59. The lowest BCUT2D eigenvalue weighted by atomic mass is 9.79. The predicted molar refractivity (Wildman–Crippen MR) is 94.8 cm³/mol. The number of piperidine rings is 3. The van der Waals surface area contributed by atoms with Crippen molar-refractivity contribution < 1.29 is 14.7 Å². The van der Waals surface area contributed by atoms with Crippen LogP contribution in [0.1, 0.15) is 38.5 Å². The van der Waals surface area contributed by atoms with E-state index in [0.29, 0.717) is 13.1 Å². The molecule has 0 spiro atoms. The zero-order valence-electron chi connectivity index (χ0n) is 15.1. The molecular weight excluding hydrogens is 320 g/mol. The Labute approximate surface area is 150 Å². The molecule has 7 heteroatoms. The molecule has 0 saturated carbocycles. The van der Waals surface area contributed by atoms with Crippen molar-refractivity contribution in [2.45, 2.75) is 38.5 Å². The highest BCUT2D eigenvalue weighted by molar-refractivity contribution is 5.78. The van der Waals surface area contributed by atoms with Gasteiger partial charge in [-0.2, -0.15) is 0 Å². The summed E-state index contributed by atoms with van der Waals surface area (Å²) in [5.41, 5.74) is 3.11. The van der Waals surface area contributed by atoms with E-state index < -0.39 is 5.97 Å². The molecule has 0 aromatic carbocycles. The van der Waals surface area contributed by atoms with E-state index in [0.717, 1.165) is 50.9 Å². The Hall–Kier alpha value is -1.18. The van der Waals surface area contributed by atoms with Crippen LogP contribution in [0.2, 0.25) is 0 Å². The summed E-state index contributed by atoms with van der Waals surface area (Å²) in [5.74, 6) is 1.02. The Morgan fingerprint density at radius 1 is 0.920 bits per heavy atom. The number of carboxylic acids is 1. The van der Waals surface area contributed by atoms with Gasteiger partial charge in [-0.15, -0.1) is 0 Å². The van der Waals surface area contributed by atoms with Gasteiger partial charge in [-0.05, 0) is 76.5 Å². The molecule has 0 radical (unpaired) electrons. The number of carboxylic acid groups (broad SMARTS) is 1. The maximum atomic E-state index is 12.5. The van der Waals surface area contributed by atoms with Crippen LogP contribution >= 0.6 is 0 Å². The first kappa shape index (κ1) is 18.6. The molecule has 0 aliphatic carbocycles. The van der Waals surface area contributed by atoms with Gasteiger partial charge in [0, 0.05) is 19.0 Å². The van der Waals surface area contributed by atoms with Crippen molar-refractivity contribution >= 4 is 11.9 Å². The largest absolute Gasteiger partial charge is 0.480 e. The zero-order chi connectivity index (χ0) is 17.6. The third-order valence-electron chi connectivity index (χ3n) is 6.18. The van der Waals surface area contributed by atoms with Crippen molar-refractivity contribution in [2.75, 3.05) is 45.8 Å². The first-order valence-electron chi connectivity index (χ1n) is 9.82. The molecule has 0 unspecified atom stereocenters. The van der Waals surface area contributed by atoms with E-state index in [4.69, 9.17) is 5.11 Å². The van der Waals surface area contributed by atoms with Crippen LogP contribution in [0, 0.1) is 17.8 Å². The number of nitrogens with zero attached hydrogens (tertiary/aromatic N) is 2. The molecule has 7 nitrogen and oxygen atoms in total. The highest BCUT2D eigenvalue weighted by Crippen LogP contribution is 2.30. The quantitative estimate of drug-likeness (QED) is 0.669. The predicted octanol–water partition coefficient (Wildman–Crippen LogP) is 0.526. The van der Waals surface area contributed by atoms with Crippen LogP contribution in [0.4, 0.5) is 0 Å². The number of nitrogens with one attached hydrogen (secondary N) is 2. The van der Waals surface area contributed by atoms with Gasteiger partial charge in [0.15, 0.2) is 0 Å². The first-order valence-corrected chi connectivity index (χ1v) is 9.82. The normalized spacial score (nSPS) is 25.8. The van der Waals surface area contributed by atoms with Crippen LogP contribution in [-0.4, -0.2) is 72.7 Å². The van der Waals surface area contributed by atoms with Gasteiger partial charge in [0.1, 0.15) is 0 Å². The lowest BCUT2D eigenvalue weighted by Gasteiger charge is -2.38. The van der Waals surface area contributed by atoms with Crippen molar-refractivity contribution in [3.63, 3.8) is 0 Å². The van der Waals surface area contributed by atoms with E-state index in [1.165, 1.54) is 25.7 Å². The van der Waals surface area contributed by atoms with Crippen LogP contribution in [0.5, 0.6) is 0 Å². The summed E-state index contributed by atoms with van der Waals surface area (Å²) < 4.78 is 0. The van der Waals surface area contributed by atoms with E-state index in [9.17, 15) is 9.59 Å². The van der Waals surface area contributed by atoms with E-state index in [-0.39, 0.29) is 18.4 Å². The minimum atomic E-state index is -0.792. The zero-order valence-corrected chi connectivity index (χ0v) is 15.1. The van der Waals surface area contributed by atoms with Crippen LogP contribution in [-0.2, 0) is 9.59 Å². The number of amides is 1. The van der Waals surface area contributed by atoms with Gasteiger partial charge in [-0.3, -0.25) is 19.9 Å². The van der Waals surface area contributed by atoms with Crippen molar-refractivity contribution in [1.82, 2.24) is 20.7 Å². The number of hydrogen-bond donors (Lipinski definition) is 3. The lowest BCUT2D eigenvalue weighted by molar-refractivity contribution is -0.139. The molecule has 3 rings (SSSR count). The number of carbonyl (C=O) groups is 2. The van der Waals surface area contributed by atoms with Crippen LogP contribution < -0.4 is 10.7 Å². The second-order valence-corrected chi connectivity index (χ2v) is 7.83. The van der Waals surface area contributed by atoms with Crippen LogP contribution in [0.25, 0.3) is 0 Å². The topological polar surface area (TPSA) is 84.9 Å². The highest BCUT2D eigenvalue weighted by atomic mass is 16.4. The van der Waals surface area contributed by atoms with Gasteiger partial charge >= 0.3 is 5.97 Å². The second-order valence-electron chi connectivity index (χ2n) is 7.83. The standard InChI is InChI=1S/C18H32N4O3/c23-17(24)13-21-9-3-16(4-10-21)18(25)20-22-11-5-15(6-12-22)14-1-7-19-8-2-14/h14-16,19H,1-13H2,(H,20,25)(H,23,24). The average Bonchev–Trinajstić information content (AvgIpc) is 2.63. The van der Waals surface area contributed by atoms with Crippen LogP contribution in [0.15, 0.2) is 0 Å². The smallest absolute Gasteiger partial charge is 0.317 e. The molecule has 3 aliphatic rings. The van der Waals surface area contributed by atoms with Crippen molar-refractivity contribution in [3.8, 4) is 0 Å². The van der Waals surface area contributed by atoms with Gasteiger partial charge in [0.2, 0.25) is 5.91 Å². The van der Waals surface area contributed by atoms with E-state index in [1.54, 1.807) is 0 Å². The molecule has 0 bridgehead atoms. The van der Waals surface area contributed by atoms with Gasteiger partial charge in [0.25, 0.3) is 0 Å². The number of hydrazine groups is 1. The third kappa shape index (κ3) is 5.39. The molecule has 3 aliphatic heterocycles. The monoisotopic (exact) mass is 352 g/mol. The Bertz CT molecular complexity index is 451. The summed E-state index contributed by atoms with van der Waals surface area (Å²) in [6.07, 6.45) is 6.47. The highest BCUT2D eigenvalue weighted by Gasteiger charge is 2.30. The molecular formula is C18H32N4O3. The van der Waals surface area contributed by atoms with E-state index in [1.807, 2.05) is 4.90 Å². The van der Waals surface area contributed by atoms with Gasteiger partial charge in [-0.1, -0.05) is 0 Å². The molecule has 0 atom stereocenters. The second kappa shape index (κ2) is 8.96. The summed E-state index contributed by atoms with van der Waals surface area (Å²) in [7, 11) is 0. The maximum absolute atomic E-state index is 12.5. The Morgan fingerprint density at radius 2 is 1.52 bits per heavy atom. The minimum absolute atomic E-state index is 0.0205. The molecule has 0 aromatic heterocycles. The maximum Gasteiger partial charge on any atom is 0.317 e. The van der Waals surface area contributed by atoms with Crippen molar-refractivity contribution in [1.29, 1.82) is 0 Å². The minimum Gasteiger partial charge on any atom is -0.480 e. The Balaban J connectivity index is 1.36. The van der Waals surface area contributed by atoms with Crippen molar-refractivity contribution in [2.24, 2.45) is 17.8 Å². The Morgan fingerprint density at radius 3 is 2.12 bits per heavy atom. The summed E-state index contributed by atoms with van der Waals surface area (Å²) in [6.45, 7) is 5.70. The summed E-state index contributed by atoms with van der Waals surface area (Å²) in [6, 6.07) is 0. The SMILES string of the molecule is O=C(O)CN1CCC(C(=O)NN2CCC(C3CCNCC3)CC2)CC1. The summed E-state index contributed by atoms with van der Waals surface area (Å²) in [5, 5.41) is 14.4. The summed E-state index contributed by atoms with van der Waals surface area (Å²) >= 11 is 0. The van der Waals surface area contributed by atoms with Crippen molar-refractivity contribution in [3.05, 3.63) is 0 Å². The summed E-state index contributed by atoms with van der Waals surface area (Å²) in [4.78, 5) is 25.2. The van der Waals surface area contributed by atoms with Gasteiger partial charge in [0.05, 0.1) is 6.54 Å². The third-order valence-corrected chi connectivity index (χ3v) is 6.18.